The summed E-state index contributed by atoms with van der Waals surface area (Å²) in [7, 11) is 0. The number of rotatable bonds is 8. The van der Waals surface area contributed by atoms with Crippen molar-refractivity contribution < 1.29 is 38.3 Å². The number of carbonyl (C=O) groups excluding carboxylic acids is 3. The van der Waals surface area contributed by atoms with E-state index in [0.29, 0.717) is 17.9 Å². The number of fused-ring (bicyclic) bond motifs is 3. The molecule has 3 N–H and O–H groups in total. The number of aromatic nitrogens is 2. The van der Waals surface area contributed by atoms with Crippen LogP contribution < -0.4 is 10.1 Å². The standard InChI is InChI=1S/C28H27N3O8S/c1-12-22(34)20(14(3)32)24-21(23(12)35)28(4)18(38-24)11-16(33)19(25(28)36)13(2)29-15(8-10-40-5)27-30-26(31-39-27)17-7-6-9-37-17/h6-7,9,11,15,29,34-35H,8,10H2,1-5H3/b19-13+/t15?,28-/m0/s1. The highest BCUT2D eigenvalue weighted by atomic mass is 32.2. The van der Waals surface area contributed by atoms with Crippen molar-refractivity contribution in [2.24, 2.45) is 0 Å². The molecule has 3 aromatic rings. The van der Waals surface area contributed by atoms with Crippen LogP contribution in [0.25, 0.3) is 11.6 Å². The molecule has 0 fully saturated rings. The zero-order valence-corrected chi connectivity index (χ0v) is 23.3. The van der Waals surface area contributed by atoms with Crippen molar-refractivity contribution in [1.82, 2.24) is 15.5 Å². The van der Waals surface area contributed by atoms with E-state index in [1.54, 1.807) is 30.8 Å². The third-order valence-corrected chi connectivity index (χ3v) is 7.89. The van der Waals surface area contributed by atoms with Gasteiger partial charge in [0.05, 0.1) is 17.4 Å². The molecule has 0 saturated heterocycles. The number of ketones is 3. The minimum Gasteiger partial charge on any atom is -0.507 e. The van der Waals surface area contributed by atoms with Gasteiger partial charge in [-0.2, -0.15) is 16.7 Å². The van der Waals surface area contributed by atoms with Crippen molar-refractivity contribution in [2.45, 2.75) is 45.6 Å². The second kappa shape index (κ2) is 10.0. The number of ether oxygens (including phenoxy) is 1. The third kappa shape index (κ3) is 4.10. The number of thioether (sulfide) groups is 1. The topological polar surface area (TPSA) is 165 Å². The van der Waals surface area contributed by atoms with Crippen molar-refractivity contribution in [1.29, 1.82) is 0 Å². The van der Waals surface area contributed by atoms with E-state index >= 15 is 0 Å². The second-order valence-corrected chi connectivity index (χ2v) is 10.8. The first-order chi connectivity index (χ1) is 19.0. The molecule has 2 aromatic heterocycles. The Hall–Kier alpha value is -4.32. The van der Waals surface area contributed by atoms with Crippen LogP contribution in [0.5, 0.6) is 17.2 Å². The molecule has 3 heterocycles. The van der Waals surface area contributed by atoms with Gasteiger partial charge in [0.15, 0.2) is 23.1 Å². The van der Waals surface area contributed by atoms with Crippen LogP contribution in [0.15, 0.2) is 50.4 Å². The highest BCUT2D eigenvalue weighted by molar-refractivity contribution is 7.98. The summed E-state index contributed by atoms with van der Waals surface area (Å²) in [4.78, 5) is 44.2. The number of carbonyl (C=O) groups is 3. The predicted octanol–water partition coefficient (Wildman–Crippen LogP) is 4.30. The molecule has 5 rings (SSSR count). The Morgan fingerprint density at radius 1 is 1.23 bits per heavy atom. The van der Waals surface area contributed by atoms with Crippen molar-refractivity contribution in [3.05, 3.63) is 64.1 Å². The molecule has 0 radical (unpaired) electrons. The van der Waals surface area contributed by atoms with Gasteiger partial charge in [-0.15, -0.1) is 0 Å². The molecular weight excluding hydrogens is 538 g/mol. The first-order valence-corrected chi connectivity index (χ1v) is 13.8. The molecule has 1 aliphatic heterocycles. The number of nitrogens with one attached hydrogen (secondary N) is 1. The van der Waals surface area contributed by atoms with Crippen LogP contribution >= 0.6 is 11.8 Å². The zero-order chi connectivity index (χ0) is 28.9. The predicted molar refractivity (Wildman–Crippen MR) is 144 cm³/mol. The first kappa shape index (κ1) is 27.3. The minimum atomic E-state index is -1.61. The highest BCUT2D eigenvalue weighted by Crippen LogP contribution is 2.57. The van der Waals surface area contributed by atoms with Crippen molar-refractivity contribution >= 4 is 29.1 Å². The lowest BCUT2D eigenvalue weighted by Crippen LogP contribution is -2.41. The number of Topliss-reactive ketones (excluding diaryl/α,β-unsaturated/α-hetero) is 2. The summed E-state index contributed by atoms with van der Waals surface area (Å²) < 4.78 is 16.7. The van der Waals surface area contributed by atoms with Crippen LogP contribution in [0.4, 0.5) is 0 Å². The van der Waals surface area contributed by atoms with Gasteiger partial charge in [-0.25, -0.2) is 0 Å². The fourth-order valence-corrected chi connectivity index (χ4v) is 5.54. The Bertz CT molecular complexity index is 1620. The molecule has 40 heavy (non-hydrogen) atoms. The van der Waals surface area contributed by atoms with Crippen molar-refractivity contribution in [3.63, 3.8) is 0 Å². The fraction of sp³-hybridized carbons (Fsp3) is 0.321. The normalized spacial score (nSPS) is 20.0. The first-order valence-electron chi connectivity index (χ1n) is 12.4. The fourth-order valence-electron chi connectivity index (χ4n) is 5.07. The van der Waals surface area contributed by atoms with E-state index in [-0.39, 0.29) is 56.9 Å². The van der Waals surface area contributed by atoms with E-state index in [2.05, 4.69) is 15.5 Å². The lowest BCUT2D eigenvalue weighted by atomic mass is 9.70. The van der Waals surface area contributed by atoms with Gasteiger partial charge in [-0.05, 0) is 58.3 Å². The summed E-state index contributed by atoms with van der Waals surface area (Å²) in [5, 5.41) is 28.8. The summed E-state index contributed by atoms with van der Waals surface area (Å²) in [5.74, 6) is -1.07. The summed E-state index contributed by atoms with van der Waals surface area (Å²) in [6.45, 7) is 5.79. The Morgan fingerprint density at radius 3 is 2.62 bits per heavy atom. The third-order valence-electron chi connectivity index (χ3n) is 7.24. The quantitative estimate of drug-likeness (QED) is 0.202. The number of phenolic OH excluding ortho intramolecular Hbond substituents is 2. The number of aromatic hydroxyl groups is 2. The van der Waals surface area contributed by atoms with Crippen molar-refractivity contribution in [3.8, 4) is 28.8 Å². The Kier molecular flexibility index (Phi) is 6.82. The number of nitrogens with zero attached hydrogens (tertiary/aromatic N) is 2. The van der Waals surface area contributed by atoms with E-state index in [9.17, 15) is 24.6 Å². The van der Waals surface area contributed by atoms with Crippen LogP contribution in [0, 0.1) is 6.92 Å². The molecule has 1 aromatic carbocycles. The molecule has 0 saturated carbocycles. The number of allylic oxidation sites excluding steroid dienone is 4. The molecule has 1 unspecified atom stereocenters. The Balaban J connectivity index is 1.57. The van der Waals surface area contributed by atoms with E-state index in [1.165, 1.54) is 33.1 Å². The van der Waals surface area contributed by atoms with Gasteiger partial charge in [0, 0.05) is 17.3 Å². The SMILES string of the molecule is CSCCC(N/C(C)=C1\C(=O)C=C2Oc3c(C(C)=O)c(O)c(C)c(O)c3[C@@]2(C)C1=O)c1nc(-c2ccco2)no1. The molecule has 1 aliphatic carbocycles. The van der Waals surface area contributed by atoms with Gasteiger partial charge in [0.1, 0.15) is 40.0 Å². The van der Waals surface area contributed by atoms with Crippen LogP contribution in [0.3, 0.4) is 0 Å². The monoisotopic (exact) mass is 565 g/mol. The Morgan fingerprint density at radius 2 is 1.98 bits per heavy atom. The second-order valence-electron chi connectivity index (χ2n) is 9.80. The van der Waals surface area contributed by atoms with E-state index in [4.69, 9.17) is 13.7 Å². The smallest absolute Gasteiger partial charge is 0.249 e. The van der Waals surface area contributed by atoms with Gasteiger partial charge in [0.2, 0.25) is 11.7 Å². The summed E-state index contributed by atoms with van der Waals surface area (Å²) in [6.07, 6.45) is 5.16. The number of hydrogen-bond donors (Lipinski definition) is 3. The van der Waals surface area contributed by atoms with Crippen LogP contribution in [0.1, 0.15) is 60.6 Å². The van der Waals surface area contributed by atoms with Gasteiger partial charge < -0.3 is 29.2 Å². The van der Waals surface area contributed by atoms with Crippen molar-refractivity contribution in [2.75, 3.05) is 12.0 Å². The molecule has 2 atom stereocenters. The molecule has 0 amide bonds. The highest BCUT2D eigenvalue weighted by Gasteiger charge is 2.56. The van der Waals surface area contributed by atoms with Crippen LogP contribution in [0.2, 0.25) is 0 Å². The van der Waals surface area contributed by atoms with E-state index < -0.39 is 34.6 Å². The maximum Gasteiger partial charge on any atom is 0.249 e. The van der Waals surface area contributed by atoms with Gasteiger partial charge in [0.25, 0.3) is 0 Å². The summed E-state index contributed by atoms with van der Waals surface area (Å²) in [6, 6.07) is 2.88. The molecule has 2 aliphatic rings. The van der Waals surface area contributed by atoms with Gasteiger partial charge >= 0.3 is 0 Å². The summed E-state index contributed by atoms with van der Waals surface area (Å²) >= 11 is 1.60. The molecule has 208 valence electrons. The van der Waals surface area contributed by atoms with Crippen LogP contribution in [-0.2, 0) is 15.0 Å². The summed E-state index contributed by atoms with van der Waals surface area (Å²) in [5.41, 5.74) is -1.59. The number of phenols is 2. The Labute approximate surface area is 233 Å². The van der Waals surface area contributed by atoms with Gasteiger partial charge in [-0.1, -0.05) is 5.16 Å². The molecule has 11 nitrogen and oxygen atoms in total. The maximum absolute atomic E-state index is 14.1. The largest absolute Gasteiger partial charge is 0.507 e. The lowest BCUT2D eigenvalue weighted by Gasteiger charge is -2.29. The average Bonchev–Trinajstić information content (AvgIpc) is 3.65. The van der Waals surface area contributed by atoms with E-state index in [0.717, 1.165) is 0 Å². The average molecular weight is 566 g/mol. The van der Waals surface area contributed by atoms with Gasteiger partial charge in [-0.3, -0.25) is 14.4 Å². The number of furan rings is 1. The minimum absolute atomic E-state index is 0.0287. The van der Waals surface area contributed by atoms with Crippen LogP contribution in [-0.4, -0.2) is 49.7 Å². The molecular formula is C28H27N3O8S. The molecule has 0 spiro atoms. The molecule has 0 bridgehead atoms. The number of hydrogen-bond acceptors (Lipinski definition) is 12. The maximum atomic E-state index is 14.1. The lowest BCUT2D eigenvalue weighted by molar-refractivity contribution is -0.123. The molecule has 12 heteroatoms. The zero-order valence-electron chi connectivity index (χ0n) is 22.4. The number of benzene rings is 1. The van der Waals surface area contributed by atoms with E-state index in [1.807, 2.05) is 6.26 Å².